The van der Waals surface area contributed by atoms with E-state index in [1.165, 1.54) is 0 Å². The summed E-state index contributed by atoms with van der Waals surface area (Å²) in [5.41, 5.74) is 7.48. The Labute approximate surface area is 125 Å². The van der Waals surface area contributed by atoms with E-state index >= 15 is 0 Å². The fourth-order valence-electron chi connectivity index (χ4n) is 3.29. The van der Waals surface area contributed by atoms with E-state index in [1.54, 1.807) is 0 Å². The lowest BCUT2D eigenvalue weighted by Crippen LogP contribution is -2.21. The van der Waals surface area contributed by atoms with Gasteiger partial charge in [0.2, 0.25) is 0 Å². The average Bonchev–Trinajstić information content (AvgIpc) is 2.72. The number of rotatable bonds is 3. The highest BCUT2D eigenvalue weighted by molar-refractivity contribution is 5.82. The third-order valence-corrected chi connectivity index (χ3v) is 4.41. The van der Waals surface area contributed by atoms with Crippen molar-refractivity contribution in [3.63, 3.8) is 0 Å². The zero-order valence-electron chi connectivity index (χ0n) is 12.4. The van der Waals surface area contributed by atoms with Gasteiger partial charge >= 0.3 is 0 Å². The molecule has 5 heteroatoms. The highest BCUT2D eigenvalue weighted by Crippen LogP contribution is 2.44. The van der Waals surface area contributed by atoms with Crippen molar-refractivity contribution in [2.45, 2.75) is 18.9 Å². The molecule has 1 aromatic rings. The second-order valence-corrected chi connectivity index (χ2v) is 5.86. The molecular formula is C16H22N2O3. The van der Waals surface area contributed by atoms with Crippen LogP contribution in [-0.4, -0.2) is 44.5 Å². The van der Waals surface area contributed by atoms with Crippen molar-refractivity contribution in [2.24, 2.45) is 11.7 Å². The van der Waals surface area contributed by atoms with E-state index in [1.807, 2.05) is 12.1 Å². The minimum atomic E-state index is 0.273. The molecule has 1 fully saturated rings. The minimum Gasteiger partial charge on any atom is -0.489 e. The third-order valence-electron chi connectivity index (χ3n) is 4.41. The Morgan fingerprint density at radius 1 is 1.33 bits per heavy atom. The van der Waals surface area contributed by atoms with Crippen LogP contribution < -0.4 is 15.2 Å². The molecule has 5 nitrogen and oxygen atoms in total. The van der Waals surface area contributed by atoms with Crippen molar-refractivity contribution in [1.82, 2.24) is 4.90 Å². The van der Waals surface area contributed by atoms with Gasteiger partial charge in [0.15, 0.2) is 17.8 Å². The van der Waals surface area contributed by atoms with Gasteiger partial charge in [0.05, 0.1) is 18.8 Å². The Morgan fingerprint density at radius 3 is 2.76 bits per heavy atom. The zero-order valence-corrected chi connectivity index (χ0v) is 12.4. The van der Waals surface area contributed by atoms with E-state index in [4.69, 9.17) is 15.2 Å². The van der Waals surface area contributed by atoms with E-state index < -0.39 is 0 Å². The summed E-state index contributed by atoms with van der Waals surface area (Å²) in [7, 11) is 2.11. The first-order valence-corrected chi connectivity index (χ1v) is 7.52. The van der Waals surface area contributed by atoms with Crippen LogP contribution in [0, 0.1) is 5.92 Å². The number of benzene rings is 1. The number of hydrogen-bond acceptors (Lipinski definition) is 5. The van der Waals surface area contributed by atoms with E-state index in [2.05, 4.69) is 11.9 Å². The summed E-state index contributed by atoms with van der Waals surface area (Å²) in [5.74, 6) is 1.85. The molecule has 2 unspecified atom stereocenters. The summed E-state index contributed by atoms with van der Waals surface area (Å²) in [6, 6.07) is 4.10. The molecule has 0 amide bonds. The number of fused-ring (bicyclic) bond motifs is 1. The molecule has 1 saturated heterocycles. The molecule has 2 aliphatic rings. The normalized spacial score (nSPS) is 25.6. The van der Waals surface area contributed by atoms with Gasteiger partial charge in [-0.25, -0.2) is 0 Å². The highest BCUT2D eigenvalue weighted by atomic mass is 16.5. The first-order chi connectivity index (χ1) is 10.2. The smallest absolute Gasteiger partial charge is 0.171 e. The number of aldehydes is 1. The van der Waals surface area contributed by atoms with E-state index in [0.717, 1.165) is 37.0 Å². The van der Waals surface area contributed by atoms with E-state index in [0.29, 0.717) is 37.0 Å². The molecule has 114 valence electrons. The highest BCUT2D eigenvalue weighted by Gasteiger charge is 2.33. The molecule has 0 bridgehead atoms. The lowest BCUT2D eigenvalue weighted by molar-refractivity contribution is 0.111. The fraction of sp³-hybridized carbons (Fsp3) is 0.562. The first-order valence-electron chi connectivity index (χ1n) is 7.52. The van der Waals surface area contributed by atoms with Crippen LogP contribution in [0.2, 0.25) is 0 Å². The molecule has 0 aromatic heterocycles. The number of hydrogen-bond donors (Lipinski definition) is 1. The summed E-state index contributed by atoms with van der Waals surface area (Å²) in [5, 5.41) is 0. The second kappa shape index (κ2) is 6.03. The quantitative estimate of drug-likeness (QED) is 0.857. The van der Waals surface area contributed by atoms with Gasteiger partial charge in [0.25, 0.3) is 0 Å². The molecule has 2 atom stereocenters. The van der Waals surface area contributed by atoms with Crippen molar-refractivity contribution >= 4 is 6.29 Å². The lowest BCUT2D eigenvalue weighted by atomic mass is 9.97. The molecule has 2 aliphatic heterocycles. The Hall–Kier alpha value is -1.59. The maximum Gasteiger partial charge on any atom is 0.171 e. The summed E-state index contributed by atoms with van der Waals surface area (Å²) < 4.78 is 11.7. The number of nitrogens with two attached hydrogens (primary N) is 1. The van der Waals surface area contributed by atoms with Crippen LogP contribution in [0.5, 0.6) is 11.5 Å². The largest absolute Gasteiger partial charge is 0.489 e. The maximum absolute atomic E-state index is 11.2. The molecule has 0 spiro atoms. The second-order valence-electron chi connectivity index (χ2n) is 5.86. The predicted octanol–water partition coefficient (Wildman–Crippen LogP) is 1.61. The Morgan fingerprint density at radius 2 is 2.10 bits per heavy atom. The number of carbonyl (C=O) groups excluding carboxylic acids is 1. The van der Waals surface area contributed by atoms with Crippen LogP contribution >= 0.6 is 0 Å². The molecule has 0 radical (unpaired) electrons. The SMILES string of the molecule is CN1CC(CN)CC1c1ccc(C=O)c2c1OCCCO2. The van der Waals surface area contributed by atoms with Crippen molar-refractivity contribution in [2.75, 3.05) is 33.4 Å². The van der Waals surface area contributed by atoms with E-state index in [9.17, 15) is 4.79 Å². The molecule has 21 heavy (non-hydrogen) atoms. The van der Waals surface area contributed by atoms with Crippen molar-refractivity contribution in [3.8, 4) is 11.5 Å². The molecule has 2 N–H and O–H groups in total. The maximum atomic E-state index is 11.2. The molecular weight excluding hydrogens is 268 g/mol. The summed E-state index contributed by atoms with van der Waals surface area (Å²) in [4.78, 5) is 13.5. The van der Waals surface area contributed by atoms with Gasteiger partial charge in [-0.05, 0) is 32.0 Å². The fourth-order valence-corrected chi connectivity index (χ4v) is 3.29. The Balaban J connectivity index is 2.01. The minimum absolute atomic E-state index is 0.273. The molecule has 1 aromatic carbocycles. The zero-order chi connectivity index (χ0) is 14.8. The molecule has 2 heterocycles. The van der Waals surface area contributed by atoms with Crippen molar-refractivity contribution < 1.29 is 14.3 Å². The predicted molar refractivity (Wildman–Crippen MR) is 80.0 cm³/mol. The van der Waals surface area contributed by atoms with Crippen LogP contribution in [0.1, 0.15) is 34.8 Å². The van der Waals surface area contributed by atoms with Crippen LogP contribution in [0.25, 0.3) is 0 Å². The van der Waals surface area contributed by atoms with Crippen LogP contribution in [0.3, 0.4) is 0 Å². The average molecular weight is 290 g/mol. The monoisotopic (exact) mass is 290 g/mol. The topological polar surface area (TPSA) is 64.8 Å². The van der Waals surface area contributed by atoms with Gasteiger partial charge in [-0.15, -0.1) is 0 Å². The number of nitrogens with zero attached hydrogens (tertiary/aromatic N) is 1. The van der Waals surface area contributed by atoms with E-state index in [-0.39, 0.29) is 6.04 Å². The van der Waals surface area contributed by atoms with Gasteiger partial charge < -0.3 is 15.2 Å². The van der Waals surface area contributed by atoms with Crippen molar-refractivity contribution in [3.05, 3.63) is 23.3 Å². The molecule has 3 rings (SSSR count). The number of ether oxygens (including phenoxy) is 2. The van der Waals surface area contributed by atoms with Gasteiger partial charge in [0, 0.05) is 24.6 Å². The Bertz CT molecular complexity index is 532. The number of carbonyl (C=O) groups is 1. The van der Waals surface area contributed by atoms with Gasteiger partial charge in [-0.3, -0.25) is 9.69 Å². The van der Waals surface area contributed by atoms with Crippen LogP contribution in [0.4, 0.5) is 0 Å². The van der Waals surface area contributed by atoms with Crippen molar-refractivity contribution in [1.29, 1.82) is 0 Å². The first kappa shape index (κ1) is 14.4. The third kappa shape index (κ3) is 2.63. The standard InChI is InChI=1S/C16H22N2O3/c1-18-9-11(8-17)7-14(18)13-4-3-12(10-19)15-16(13)21-6-2-5-20-15/h3-4,10-11,14H,2,5-9,17H2,1H3. The number of likely N-dealkylation sites (tertiary alicyclic amines) is 1. The van der Waals surface area contributed by atoms with Gasteiger partial charge in [-0.1, -0.05) is 6.07 Å². The van der Waals surface area contributed by atoms with Gasteiger partial charge in [0.1, 0.15) is 0 Å². The summed E-state index contributed by atoms with van der Waals surface area (Å²) in [6.07, 6.45) is 2.68. The lowest BCUT2D eigenvalue weighted by Gasteiger charge is -2.23. The van der Waals surface area contributed by atoms with Crippen LogP contribution in [-0.2, 0) is 0 Å². The molecule has 0 saturated carbocycles. The van der Waals surface area contributed by atoms with Crippen LogP contribution in [0.15, 0.2) is 12.1 Å². The molecule has 0 aliphatic carbocycles. The Kier molecular flexibility index (Phi) is 4.12. The summed E-state index contributed by atoms with van der Waals surface area (Å²) in [6.45, 7) is 2.90. The summed E-state index contributed by atoms with van der Waals surface area (Å²) >= 11 is 0. The van der Waals surface area contributed by atoms with Gasteiger partial charge in [-0.2, -0.15) is 0 Å².